The molecule has 2 aliphatic rings. The summed E-state index contributed by atoms with van der Waals surface area (Å²) in [6, 6.07) is 0. The number of aliphatic hydroxyl groups excluding tert-OH is 1. The molecule has 2 fully saturated rings. The van der Waals surface area contributed by atoms with E-state index < -0.39 is 37.4 Å². The minimum Gasteiger partial charge on any atom is -0.431 e. The molecular formula is C19H24FIN4O5. The Morgan fingerprint density at radius 1 is 1.30 bits per heavy atom. The van der Waals surface area contributed by atoms with Gasteiger partial charge in [0, 0.05) is 9.77 Å². The van der Waals surface area contributed by atoms with Crippen molar-refractivity contribution in [2.75, 3.05) is 12.3 Å². The molecule has 3 N–H and O–H groups in total. The first-order valence-electron chi connectivity index (χ1n) is 10.0. The molecule has 2 aromatic heterocycles. The van der Waals surface area contributed by atoms with Crippen molar-refractivity contribution in [1.82, 2.24) is 14.5 Å². The van der Waals surface area contributed by atoms with Crippen LogP contribution in [0.25, 0.3) is 11.0 Å². The Kier molecular flexibility index (Phi) is 6.58. The maximum atomic E-state index is 15.4. The van der Waals surface area contributed by atoms with Gasteiger partial charge in [-0.05, 0) is 48.3 Å². The highest BCUT2D eigenvalue weighted by atomic mass is 127. The van der Waals surface area contributed by atoms with E-state index in [1.807, 2.05) is 0 Å². The lowest BCUT2D eigenvalue weighted by Gasteiger charge is -2.20. The van der Waals surface area contributed by atoms with E-state index in [4.69, 9.17) is 19.9 Å². The summed E-state index contributed by atoms with van der Waals surface area (Å²) in [5.41, 5.74) is 6.32. The molecule has 164 valence electrons. The van der Waals surface area contributed by atoms with Crippen molar-refractivity contribution >= 4 is 45.6 Å². The summed E-state index contributed by atoms with van der Waals surface area (Å²) in [6.45, 7) is -0.508. The average Bonchev–Trinajstić information content (AvgIpc) is 3.08. The van der Waals surface area contributed by atoms with Crippen molar-refractivity contribution in [3.8, 4) is 0 Å². The molecule has 1 saturated heterocycles. The maximum Gasteiger partial charge on any atom is 0.509 e. The second-order valence-corrected chi connectivity index (χ2v) is 8.76. The molecule has 2 aromatic rings. The monoisotopic (exact) mass is 534 g/mol. The largest absolute Gasteiger partial charge is 0.509 e. The van der Waals surface area contributed by atoms with Crippen molar-refractivity contribution in [2.45, 2.75) is 69.2 Å². The third-order valence-electron chi connectivity index (χ3n) is 5.61. The van der Waals surface area contributed by atoms with Crippen LogP contribution in [-0.4, -0.2) is 56.9 Å². The van der Waals surface area contributed by atoms with Crippen LogP contribution in [0.5, 0.6) is 0 Å². The summed E-state index contributed by atoms with van der Waals surface area (Å²) in [7, 11) is 0. The number of ether oxygens (including phenoxy) is 3. The predicted octanol–water partition coefficient (Wildman–Crippen LogP) is 3.09. The van der Waals surface area contributed by atoms with Gasteiger partial charge in [0.2, 0.25) is 0 Å². The van der Waals surface area contributed by atoms with Gasteiger partial charge in [0.05, 0.1) is 12.0 Å². The number of hydrogen-bond donors (Lipinski definition) is 2. The Hall–Kier alpha value is -1.73. The summed E-state index contributed by atoms with van der Waals surface area (Å²) in [5.74, 6) is 0.273. The van der Waals surface area contributed by atoms with Crippen LogP contribution >= 0.6 is 22.6 Å². The molecule has 0 amide bonds. The summed E-state index contributed by atoms with van der Waals surface area (Å²) in [5, 5.41) is 10.3. The molecule has 0 radical (unpaired) electrons. The Balaban J connectivity index is 1.51. The third kappa shape index (κ3) is 4.19. The van der Waals surface area contributed by atoms with Crippen LogP contribution < -0.4 is 5.73 Å². The number of fused-ring (bicyclic) bond motifs is 1. The number of rotatable bonds is 4. The lowest BCUT2D eigenvalue weighted by Crippen LogP contribution is -2.36. The second kappa shape index (κ2) is 9.18. The average molecular weight is 534 g/mol. The second-order valence-electron chi connectivity index (χ2n) is 7.60. The van der Waals surface area contributed by atoms with E-state index in [1.54, 1.807) is 6.20 Å². The fraction of sp³-hybridized carbons (Fsp3) is 0.632. The first kappa shape index (κ1) is 21.5. The SMILES string of the molecule is Nc1ncnc2c1c(I)cn2[C@@H]1O[C@H](CO)[C@@H](OC(=O)OC2CCCCCC2)[C@@H]1F. The number of aromatic nitrogens is 3. The number of aliphatic hydroxyl groups is 1. The van der Waals surface area contributed by atoms with Crippen LogP contribution in [0.4, 0.5) is 15.0 Å². The normalized spacial score (nSPS) is 27.8. The predicted molar refractivity (Wildman–Crippen MR) is 113 cm³/mol. The maximum absolute atomic E-state index is 15.4. The number of halogens is 2. The van der Waals surface area contributed by atoms with Gasteiger partial charge in [0.25, 0.3) is 0 Å². The van der Waals surface area contributed by atoms with Crippen LogP contribution in [0.15, 0.2) is 12.5 Å². The number of carbonyl (C=O) groups excluding carboxylic acids is 1. The van der Waals surface area contributed by atoms with Crippen molar-refractivity contribution < 1.29 is 28.5 Å². The number of nitrogens with zero attached hydrogens (tertiary/aromatic N) is 3. The molecule has 0 unspecified atom stereocenters. The molecule has 0 aromatic carbocycles. The Morgan fingerprint density at radius 3 is 2.73 bits per heavy atom. The highest BCUT2D eigenvalue weighted by molar-refractivity contribution is 14.1. The van der Waals surface area contributed by atoms with Crippen molar-refractivity contribution in [2.24, 2.45) is 0 Å². The molecular weight excluding hydrogens is 510 g/mol. The lowest BCUT2D eigenvalue weighted by atomic mass is 10.1. The minimum atomic E-state index is -1.73. The number of anilines is 1. The van der Waals surface area contributed by atoms with E-state index in [9.17, 15) is 9.90 Å². The van der Waals surface area contributed by atoms with Gasteiger partial charge in [-0.2, -0.15) is 0 Å². The van der Waals surface area contributed by atoms with Gasteiger partial charge in [-0.3, -0.25) is 0 Å². The first-order chi connectivity index (χ1) is 14.5. The molecule has 3 heterocycles. The summed E-state index contributed by atoms with van der Waals surface area (Å²) >= 11 is 2.06. The van der Waals surface area contributed by atoms with Gasteiger partial charge in [0.15, 0.2) is 18.5 Å². The van der Waals surface area contributed by atoms with E-state index >= 15 is 4.39 Å². The summed E-state index contributed by atoms with van der Waals surface area (Å²) in [4.78, 5) is 20.5. The van der Waals surface area contributed by atoms with E-state index in [2.05, 4.69) is 32.6 Å². The number of nitrogen functional groups attached to an aromatic ring is 1. The van der Waals surface area contributed by atoms with Gasteiger partial charge in [-0.1, -0.05) is 12.8 Å². The summed E-state index contributed by atoms with van der Waals surface area (Å²) < 4.78 is 33.9. The molecule has 4 rings (SSSR count). The molecule has 1 aliphatic carbocycles. The Labute approximate surface area is 186 Å². The molecule has 1 saturated carbocycles. The molecule has 30 heavy (non-hydrogen) atoms. The van der Waals surface area contributed by atoms with Gasteiger partial charge in [-0.15, -0.1) is 0 Å². The highest BCUT2D eigenvalue weighted by Crippen LogP contribution is 2.38. The zero-order valence-corrected chi connectivity index (χ0v) is 18.4. The first-order valence-corrected chi connectivity index (χ1v) is 11.1. The molecule has 4 atom stereocenters. The molecule has 0 spiro atoms. The quantitative estimate of drug-likeness (QED) is 0.349. The molecule has 11 heteroatoms. The van der Waals surface area contributed by atoms with Crippen molar-refractivity contribution in [3.05, 3.63) is 16.1 Å². The van der Waals surface area contributed by atoms with Gasteiger partial charge >= 0.3 is 6.16 Å². The van der Waals surface area contributed by atoms with Gasteiger partial charge < -0.3 is 29.6 Å². The number of alkyl halides is 1. The van der Waals surface area contributed by atoms with Crippen LogP contribution in [0.3, 0.4) is 0 Å². The van der Waals surface area contributed by atoms with Crippen LogP contribution in [0.1, 0.15) is 44.8 Å². The lowest BCUT2D eigenvalue weighted by molar-refractivity contribution is -0.0612. The van der Waals surface area contributed by atoms with E-state index in [-0.39, 0.29) is 11.9 Å². The highest BCUT2D eigenvalue weighted by Gasteiger charge is 2.49. The molecule has 0 bridgehead atoms. The molecule has 9 nitrogen and oxygen atoms in total. The van der Waals surface area contributed by atoms with E-state index in [1.165, 1.54) is 10.9 Å². The number of hydrogen-bond acceptors (Lipinski definition) is 8. The Morgan fingerprint density at radius 2 is 2.03 bits per heavy atom. The fourth-order valence-corrected chi connectivity index (χ4v) is 4.91. The van der Waals surface area contributed by atoms with Gasteiger partial charge in [-0.25, -0.2) is 19.2 Å². The van der Waals surface area contributed by atoms with E-state index in [0.717, 1.165) is 42.1 Å². The summed E-state index contributed by atoms with van der Waals surface area (Å²) in [6.07, 6.45) is 2.33. The fourth-order valence-electron chi connectivity index (χ4n) is 4.10. The number of carbonyl (C=O) groups is 1. The Bertz CT molecular complexity index is 904. The smallest absolute Gasteiger partial charge is 0.431 e. The van der Waals surface area contributed by atoms with Crippen molar-refractivity contribution in [3.63, 3.8) is 0 Å². The van der Waals surface area contributed by atoms with E-state index in [0.29, 0.717) is 11.0 Å². The zero-order chi connectivity index (χ0) is 21.3. The van der Waals surface area contributed by atoms with Gasteiger partial charge in [0.1, 0.15) is 30.0 Å². The third-order valence-corrected chi connectivity index (χ3v) is 6.43. The minimum absolute atomic E-state index is 0.224. The van der Waals surface area contributed by atoms with Crippen molar-refractivity contribution in [1.29, 1.82) is 0 Å². The number of nitrogens with two attached hydrogens (primary N) is 1. The standard InChI is InChI=1S/C19H24FIN4O5/c20-14-15(30-19(27)28-10-5-3-1-2-4-6-10)12(8-26)29-18(14)25-7-11(21)13-16(22)23-9-24-17(13)25/h7,9-10,12,14-15,18,26H,1-6,8H2,(H2,22,23,24)/t12-,14+,15-,18-/m1/s1. The molecule has 1 aliphatic heterocycles. The topological polar surface area (TPSA) is 122 Å². The zero-order valence-electron chi connectivity index (χ0n) is 16.2. The van der Waals surface area contributed by atoms with Crippen LogP contribution in [0.2, 0.25) is 0 Å². The van der Waals surface area contributed by atoms with Crippen LogP contribution in [-0.2, 0) is 14.2 Å². The van der Waals surface area contributed by atoms with Crippen LogP contribution in [0, 0.1) is 3.57 Å².